The van der Waals surface area contributed by atoms with Crippen LogP contribution in [0.1, 0.15) is 58.4 Å². The van der Waals surface area contributed by atoms with Crippen LogP contribution in [0.3, 0.4) is 0 Å². The first kappa shape index (κ1) is 18.0. The van der Waals surface area contributed by atoms with Crippen LogP contribution in [0.25, 0.3) is 10.7 Å². The smallest absolute Gasteiger partial charge is 0.233 e. The molecule has 0 saturated heterocycles. The molecular weight excluding hydrogens is 364 g/mol. The van der Waals surface area contributed by atoms with Crippen molar-refractivity contribution in [2.45, 2.75) is 74.9 Å². The first-order chi connectivity index (χ1) is 12.6. The number of hydrogen-bond donors (Lipinski definition) is 1. The molecule has 0 bridgehead atoms. The molecule has 5 nitrogen and oxygen atoms in total. The van der Waals surface area contributed by atoms with Crippen LogP contribution in [0.5, 0.6) is 0 Å². The molecule has 3 atom stereocenters. The molecule has 2 aliphatic carbocycles. The highest BCUT2D eigenvalue weighted by Gasteiger charge is 2.32. The van der Waals surface area contributed by atoms with Gasteiger partial charge in [-0.3, -0.25) is 9.36 Å². The maximum atomic E-state index is 12.7. The first-order valence-corrected chi connectivity index (χ1v) is 11.3. The van der Waals surface area contributed by atoms with E-state index in [1.807, 2.05) is 13.0 Å². The first-order valence-electron chi connectivity index (χ1n) is 9.59. The molecule has 2 aliphatic rings. The van der Waals surface area contributed by atoms with E-state index in [0.717, 1.165) is 22.3 Å². The Balaban J connectivity index is 1.46. The van der Waals surface area contributed by atoms with Crippen molar-refractivity contribution in [2.24, 2.45) is 5.92 Å². The number of carbonyl (C=O) groups excluding carboxylic acids is 1. The normalized spacial score (nSPS) is 24.4. The maximum absolute atomic E-state index is 12.7. The molecule has 1 N–H and O–H groups in total. The molecule has 2 saturated carbocycles. The molecule has 140 valence electrons. The van der Waals surface area contributed by atoms with Gasteiger partial charge < -0.3 is 5.32 Å². The Bertz CT molecular complexity index is 754. The molecule has 0 unspecified atom stereocenters. The molecule has 26 heavy (non-hydrogen) atoms. The fourth-order valence-electron chi connectivity index (χ4n) is 3.64. The van der Waals surface area contributed by atoms with Crippen molar-refractivity contribution >= 4 is 29.0 Å². The topological polar surface area (TPSA) is 59.8 Å². The molecule has 7 heteroatoms. The Morgan fingerprint density at radius 3 is 2.81 bits per heavy atom. The third-order valence-corrected chi connectivity index (χ3v) is 7.33. The average Bonchev–Trinajstić information content (AvgIpc) is 3.16. The molecule has 0 aliphatic heterocycles. The Morgan fingerprint density at radius 1 is 1.31 bits per heavy atom. The summed E-state index contributed by atoms with van der Waals surface area (Å²) in [5.74, 6) is 1.64. The zero-order valence-corrected chi connectivity index (χ0v) is 17.0. The number of thioether (sulfide) groups is 1. The SMILES string of the molecule is C[C@@H](Sc1nnc(-c2cccs2)n1C1CC1)C(=O)N[C@@H]1CCCC[C@@H]1C. The zero-order chi connectivity index (χ0) is 18.1. The predicted molar refractivity (Wildman–Crippen MR) is 106 cm³/mol. The van der Waals surface area contributed by atoms with E-state index in [1.54, 1.807) is 11.3 Å². The average molecular weight is 391 g/mol. The van der Waals surface area contributed by atoms with Crippen molar-refractivity contribution in [3.8, 4) is 10.7 Å². The summed E-state index contributed by atoms with van der Waals surface area (Å²) in [6.07, 6.45) is 7.16. The number of carbonyl (C=O) groups is 1. The minimum atomic E-state index is -0.165. The minimum Gasteiger partial charge on any atom is -0.352 e. The van der Waals surface area contributed by atoms with E-state index >= 15 is 0 Å². The Morgan fingerprint density at radius 2 is 2.12 bits per heavy atom. The van der Waals surface area contributed by atoms with Crippen LogP contribution in [0.15, 0.2) is 22.7 Å². The summed E-state index contributed by atoms with van der Waals surface area (Å²) in [5.41, 5.74) is 0. The third-order valence-electron chi connectivity index (χ3n) is 5.41. The predicted octanol–water partition coefficient (Wildman–Crippen LogP) is 4.52. The minimum absolute atomic E-state index is 0.122. The van der Waals surface area contributed by atoms with E-state index in [-0.39, 0.29) is 11.2 Å². The summed E-state index contributed by atoms with van der Waals surface area (Å²) in [7, 11) is 0. The Hall–Kier alpha value is -1.34. The number of hydrogen-bond acceptors (Lipinski definition) is 5. The fourth-order valence-corrected chi connectivity index (χ4v) is 5.27. The van der Waals surface area contributed by atoms with Gasteiger partial charge in [0.2, 0.25) is 5.91 Å². The number of thiophene rings is 1. The number of nitrogens with one attached hydrogen (secondary N) is 1. The van der Waals surface area contributed by atoms with Gasteiger partial charge in [-0.25, -0.2) is 0 Å². The lowest BCUT2D eigenvalue weighted by Crippen LogP contribution is -2.44. The summed E-state index contributed by atoms with van der Waals surface area (Å²) in [4.78, 5) is 13.8. The van der Waals surface area contributed by atoms with Gasteiger partial charge in [-0.05, 0) is 50.0 Å². The molecular formula is C19H26N4OS2. The lowest BCUT2D eigenvalue weighted by molar-refractivity contribution is -0.121. The Kier molecular flexibility index (Phi) is 5.36. The van der Waals surface area contributed by atoms with Gasteiger partial charge in [-0.2, -0.15) is 0 Å². The van der Waals surface area contributed by atoms with Gasteiger partial charge in [0, 0.05) is 12.1 Å². The van der Waals surface area contributed by atoms with Crippen molar-refractivity contribution in [2.75, 3.05) is 0 Å². The lowest BCUT2D eigenvalue weighted by Gasteiger charge is -2.30. The zero-order valence-electron chi connectivity index (χ0n) is 15.4. The van der Waals surface area contributed by atoms with Crippen LogP contribution in [-0.4, -0.2) is 32.0 Å². The summed E-state index contributed by atoms with van der Waals surface area (Å²) in [5, 5.41) is 14.9. The van der Waals surface area contributed by atoms with Gasteiger partial charge in [0.1, 0.15) is 0 Å². The highest BCUT2D eigenvalue weighted by molar-refractivity contribution is 8.00. The second-order valence-electron chi connectivity index (χ2n) is 7.52. The van der Waals surface area contributed by atoms with Gasteiger partial charge in [0.05, 0.1) is 10.1 Å². The monoisotopic (exact) mass is 390 g/mol. The third kappa shape index (κ3) is 3.83. The number of amides is 1. The number of nitrogens with zero attached hydrogens (tertiary/aromatic N) is 3. The molecule has 0 radical (unpaired) electrons. The summed E-state index contributed by atoms with van der Waals surface area (Å²) in [6.45, 7) is 4.23. The van der Waals surface area contributed by atoms with Gasteiger partial charge >= 0.3 is 0 Å². The van der Waals surface area contributed by atoms with Gasteiger partial charge in [0.15, 0.2) is 11.0 Å². The van der Waals surface area contributed by atoms with E-state index in [1.165, 1.54) is 43.9 Å². The molecule has 4 rings (SSSR count). The van der Waals surface area contributed by atoms with E-state index in [0.29, 0.717) is 18.0 Å². The Labute approximate surface area is 163 Å². The highest BCUT2D eigenvalue weighted by atomic mass is 32.2. The quantitative estimate of drug-likeness (QED) is 0.737. The van der Waals surface area contributed by atoms with E-state index < -0.39 is 0 Å². The molecule has 0 spiro atoms. The van der Waals surface area contributed by atoms with Crippen LogP contribution in [0.4, 0.5) is 0 Å². The van der Waals surface area contributed by atoms with Crippen molar-refractivity contribution in [3.63, 3.8) is 0 Å². The van der Waals surface area contributed by atoms with Crippen LogP contribution in [-0.2, 0) is 4.79 Å². The van der Waals surface area contributed by atoms with Crippen molar-refractivity contribution in [3.05, 3.63) is 17.5 Å². The largest absolute Gasteiger partial charge is 0.352 e. The standard InChI is InChI=1S/C19H26N4OS2/c1-12-6-3-4-7-15(12)20-18(24)13(2)26-19-22-21-17(16-8-5-11-25-16)23(19)14-9-10-14/h5,8,11-15H,3-4,6-7,9-10H2,1-2H3,(H,20,24)/t12-,13+,15+/m0/s1. The van der Waals surface area contributed by atoms with E-state index in [4.69, 9.17) is 0 Å². The van der Waals surface area contributed by atoms with Crippen LogP contribution in [0, 0.1) is 5.92 Å². The molecule has 1 amide bonds. The van der Waals surface area contributed by atoms with Gasteiger partial charge in [-0.1, -0.05) is 37.6 Å². The number of aromatic nitrogens is 3. The summed E-state index contributed by atoms with van der Waals surface area (Å²) in [6, 6.07) is 4.93. The highest BCUT2D eigenvalue weighted by Crippen LogP contribution is 2.42. The number of rotatable bonds is 6. The van der Waals surface area contributed by atoms with E-state index in [2.05, 4.69) is 38.5 Å². The van der Waals surface area contributed by atoms with Crippen molar-refractivity contribution in [1.82, 2.24) is 20.1 Å². The van der Waals surface area contributed by atoms with Crippen LogP contribution >= 0.6 is 23.1 Å². The lowest BCUT2D eigenvalue weighted by atomic mass is 9.86. The van der Waals surface area contributed by atoms with E-state index in [9.17, 15) is 4.79 Å². The molecule has 2 heterocycles. The summed E-state index contributed by atoms with van der Waals surface area (Å²) >= 11 is 3.22. The van der Waals surface area contributed by atoms with Crippen molar-refractivity contribution < 1.29 is 4.79 Å². The second-order valence-corrected chi connectivity index (χ2v) is 9.78. The molecule has 0 aromatic carbocycles. The van der Waals surface area contributed by atoms with Crippen molar-refractivity contribution in [1.29, 1.82) is 0 Å². The molecule has 2 fully saturated rings. The summed E-state index contributed by atoms with van der Waals surface area (Å²) < 4.78 is 2.24. The van der Waals surface area contributed by atoms with Gasteiger partial charge in [0.25, 0.3) is 0 Å². The second kappa shape index (κ2) is 7.72. The van der Waals surface area contributed by atoms with Crippen LogP contribution < -0.4 is 5.32 Å². The molecule has 2 aromatic heterocycles. The maximum Gasteiger partial charge on any atom is 0.233 e. The van der Waals surface area contributed by atoms with Gasteiger partial charge in [-0.15, -0.1) is 21.5 Å². The molecule has 2 aromatic rings. The fraction of sp³-hybridized carbons (Fsp3) is 0.632. The van der Waals surface area contributed by atoms with Crippen LogP contribution in [0.2, 0.25) is 0 Å².